The lowest BCUT2D eigenvalue weighted by molar-refractivity contribution is -0.120. The second-order valence-electron chi connectivity index (χ2n) is 5.33. The Morgan fingerprint density at radius 2 is 1.81 bits per heavy atom. The molecule has 0 unspecified atom stereocenters. The number of benzene rings is 2. The van der Waals surface area contributed by atoms with Crippen LogP contribution in [0.5, 0.6) is 0 Å². The zero-order valence-corrected chi connectivity index (χ0v) is 12.5. The first-order valence-electron chi connectivity index (χ1n) is 6.43. The SMILES string of the molecule is CC(C)(C(=O)Nc1cc(Cl)ccc1F)c1ccc(N)cc1. The van der Waals surface area contributed by atoms with E-state index in [1.54, 1.807) is 38.1 Å². The summed E-state index contributed by atoms with van der Waals surface area (Å²) in [5.41, 5.74) is 6.29. The van der Waals surface area contributed by atoms with Gasteiger partial charge in [0.25, 0.3) is 0 Å². The number of hydrogen-bond acceptors (Lipinski definition) is 2. The molecule has 0 saturated heterocycles. The van der Waals surface area contributed by atoms with Crippen LogP contribution < -0.4 is 11.1 Å². The minimum absolute atomic E-state index is 0.0658. The predicted octanol–water partition coefficient (Wildman–Crippen LogP) is 3.98. The van der Waals surface area contributed by atoms with Gasteiger partial charge >= 0.3 is 0 Å². The lowest BCUT2D eigenvalue weighted by Crippen LogP contribution is -2.35. The highest BCUT2D eigenvalue weighted by molar-refractivity contribution is 6.30. The van der Waals surface area contributed by atoms with E-state index in [1.807, 2.05) is 0 Å². The number of hydrogen-bond donors (Lipinski definition) is 2. The Morgan fingerprint density at radius 3 is 2.43 bits per heavy atom. The molecule has 2 aromatic rings. The van der Waals surface area contributed by atoms with Gasteiger partial charge in [-0.05, 0) is 49.7 Å². The molecule has 3 nitrogen and oxygen atoms in total. The van der Waals surface area contributed by atoms with Crippen molar-refractivity contribution in [2.24, 2.45) is 0 Å². The summed E-state index contributed by atoms with van der Waals surface area (Å²) in [7, 11) is 0. The second-order valence-corrected chi connectivity index (χ2v) is 5.76. The monoisotopic (exact) mass is 306 g/mol. The van der Waals surface area contributed by atoms with E-state index in [-0.39, 0.29) is 11.6 Å². The fourth-order valence-electron chi connectivity index (χ4n) is 1.90. The van der Waals surface area contributed by atoms with Crippen LogP contribution in [0, 0.1) is 5.82 Å². The van der Waals surface area contributed by atoms with Crippen molar-refractivity contribution in [1.29, 1.82) is 0 Å². The van der Waals surface area contributed by atoms with Crippen molar-refractivity contribution in [3.8, 4) is 0 Å². The Labute approximate surface area is 127 Å². The van der Waals surface area contributed by atoms with Crippen LogP contribution in [-0.4, -0.2) is 5.91 Å². The lowest BCUT2D eigenvalue weighted by atomic mass is 9.83. The average molecular weight is 307 g/mol. The summed E-state index contributed by atoms with van der Waals surface area (Å²) < 4.78 is 13.7. The Kier molecular flexibility index (Phi) is 4.19. The molecule has 0 aromatic heterocycles. The van der Waals surface area contributed by atoms with Gasteiger partial charge in [0.2, 0.25) is 5.91 Å². The summed E-state index contributed by atoms with van der Waals surface area (Å²) in [5, 5.41) is 2.93. The standard InChI is InChI=1S/C16H16ClFN2O/c1-16(2,10-3-6-12(19)7-4-10)15(21)20-14-9-11(17)5-8-13(14)18/h3-9H,19H2,1-2H3,(H,20,21). The van der Waals surface area contributed by atoms with Crippen molar-refractivity contribution >= 4 is 28.9 Å². The van der Waals surface area contributed by atoms with E-state index in [1.165, 1.54) is 18.2 Å². The van der Waals surface area contributed by atoms with Gasteiger partial charge in [0, 0.05) is 10.7 Å². The van der Waals surface area contributed by atoms with Gasteiger partial charge in [-0.15, -0.1) is 0 Å². The normalized spacial score (nSPS) is 11.2. The van der Waals surface area contributed by atoms with Crippen molar-refractivity contribution in [3.63, 3.8) is 0 Å². The molecule has 3 N–H and O–H groups in total. The van der Waals surface area contributed by atoms with Gasteiger partial charge < -0.3 is 11.1 Å². The molecule has 0 fully saturated rings. The molecule has 5 heteroatoms. The molecular weight excluding hydrogens is 291 g/mol. The number of nitrogens with one attached hydrogen (secondary N) is 1. The molecule has 2 aromatic carbocycles. The van der Waals surface area contributed by atoms with Crippen LogP contribution in [0.2, 0.25) is 5.02 Å². The van der Waals surface area contributed by atoms with Crippen LogP contribution in [0.15, 0.2) is 42.5 Å². The number of amides is 1. The minimum atomic E-state index is -0.831. The van der Waals surface area contributed by atoms with E-state index >= 15 is 0 Å². The van der Waals surface area contributed by atoms with Crippen LogP contribution in [-0.2, 0) is 10.2 Å². The molecular formula is C16H16ClFN2O. The van der Waals surface area contributed by atoms with Crippen molar-refractivity contribution in [3.05, 3.63) is 58.9 Å². The smallest absolute Gasteiger partial charge is 0.234 e. The molecule has 0 saturated carbocycles. The summed E-state index contributed by atoms with van der Waals surface area (Å²) >= 11 is 5.82. The fraction of sp³-hybridized carbons (Fsp3) is 0.188. The number of carbonyl (C=O) groups is 1. The largest absolute Gasteiger partial charge is 0.399 e. The van der Waals surface area contributed by atoms with Gasteiger partial charge in [0.15, 0.2) is 0 Å². The van der Waals surface area contributed by atoms with Gasteiger partial charge in [-0.25, -0.2) is 4.39 Å². The van der Waals surface area contributed by atoms with Gasteiger partial charge in [0.05, 0.1) is 11.1 Å². The molecule has 0 aliphatic heterocycles. The molecule has 0 radical (unpaired) electrons. The highest BCUT2D eigenvalue weighted by Crippen LogP contribution is 2.27. The lowest BCUT2D eigenvalue weighted by Gasteiger charge is -2.24. The van der Waals surface area contributed by atoms with E-state index in [0.717, 1.165) is 5.56 Å². The highest BCUT2D eigenvalue weighted by atomic mass is 35.5. The first-order valence-corrected chi connectivity index (χ1v) is 6.81. The van der Waals surface area contributed by atoms with Gasteiger partial charge in [-0.2, -0.15) is 0 Å². The van der Waals surface area contributed by atoms with Crippen LogP contribution in [0.1, 0.15) is 19.4 Å². The predicted molar refractivity (Wildman–Crippen MR) is 83.9 cm³/mol. The summed E-state index contributed by atoms with van der Waals surface area (Å²) in [5.74, 6) is -0.853. The second kappa shape index (κ2) is 5.74. The maximum absolute atomic E-state index is 13.7. The average Bonchev–Trinajstić information content (AvgIpc) is 2.43. The molecule has 110 valence electrons. The Morgan fingerprint density at radius 1 is 1.19 bits per heavy atom. The molecule has 0 spiro atoms. The summed E-state index contributed by atoms with van der Waals surface area (Å²) in [6.45, 7) is 3.52. The summed E-state index contributed by atoms with van der Waals surface area (Å²) in [6, 6.07) is 11.0. The Balaban J connectivity index is 2.26. The molecule has 0 aliphatic rings. The summed E-state index contributed by atoms with van der Waals surface area (Å²) in [6.07, 6.45) is 0. The number of halogens is 2. The molecule has 0 atom stereocenters. The third kappa shape index (κ3) is 3.34. The van der Waals surface area contributed by atoms with E-state index in [4.69, 9.17) is 17.3 Å². The van der Waals surface area contributed by atoms with Gasteiger partial charge in [0.1, 0.15) is 5.82 Å². The number of nitrogen functional groups attached to an aromatic ring is 1. The first kappa shape index (κ1) is 15.3. The van der Waals surface area contributed by atoms with Gasteiger partial charge in [-0.3, -0.25) is 4.79 Å². The van der Waals surface area contributed by atoms with Crippen molar-refractivity contribution in [2.45, 2.75) is 19.3 Å². The molecule has 21 heavy (non-hydrogen) atoms. The number of rotatable bonds is 3. The van der Waals surface area contributed by atoms with Crippen molar-refractivity contribution in [2.75, 3.05) is 11.1 Å². The Bertz CT molecular complexity index is 668. The van der Waals surface area contributed by atoms with Crippen LogP contribution in [0.25, 0.3) is 0 Å². The van der Waals surface area contributed by atoms with Crippen molar-refractivity contribution < 1.29 is 9.18 Å². The summed E-state index contributed by atoms with van der Waals surface area (Å²) in [4.78, 5) is 12.4. The highest BCUT2D eigenvalue weighted by Gasteiger charge is 2.30. The Hall–Kier alpha value is -2.07. The fourth-order valence-corrected chi connectivity index (χ4v) is 2.07. The molecule has 0 aliphatic carbocycles. The third-order valence-electron chi connectivity index (χ3n) is 3.38. The topological polar surface area (TPSA) is 55.1 Å². The zero-order chi connectivity index (χ0) is 15.6. The molecule has 2 rings (SSSR count). The van der Waals surface area contributed by atoms with Crippen LogP contribution in [0.4, 0.5) is 15.8 Å². The maximum Gasteiger partial charge on any atom is 0.234 e. The molecule has 0 heterocycles. The van der Waals surface area contributed by atoms with Gasteiger partial charge in [-0.1, -0.05) is 23.7 Å². The molecule has 0 bridgehead atoms. The van der Waals surface area contributed by atoms with E-state index in [9.17, 15) is 9.18 Å². The van der Waals surface area contributed by atoms with Crippen molar-refractivity contribution in [1.82, 2.24) is 0 Å². The van der Waals surface area contributed by atoms with Crippen LogP contribution in [0.3, 0.4) is 0 Å². The zero-order valence-electron chi connectivity index (χ0n) is 11.8. The first-order chi connectivity index (χ1) is 9.80. The maximum atomic E-state index is 13.7. The number of carbonyl (C=O) groups excluding carboxylic acids is 1. The van der Waals surface area contributed by atoms with E-state index in [0.29, 0.717) is 10.7 Å². The van der Waals surface area contributed by atoms with E-state index in [2.05, 4.69) is 5.32 Å². The van der Waals surface area contributed by atoms with E-state index < -0.39 is 11.2 Å². The minimum Gasteiger partial charge on any atom is -0.399 e. The van der Waals surface area contributed by atoms with Crippen LogP contribution >= 0.6 is 11.6 Å². The number of nitrogens with two attached hydrogens (primary N) is 1. The number of anilines is 2. The molecule has 1 amide bonds. The third-order valence-corrected chi connectivity index (χ3v) is 3.61. The quantitative estimate of drug-likeness (QED) is 0.843.